The second kappa shape index (κ2) is 9.25. The van der Waals surface area contributed by atoms with Crippen LogP contribution in [-0.4, -0.2) is 36.5 Å². The van der Waals surface area contributed by atoms with Gasteiger partial charge in [0.15, 0.2) is 0 Å². The molecule has 1 unspecified atom stereocenters. The minimum atomic E-state index is -0.721. The Kier molecular flexibility index (Phi) is 6.75. The van der Waals surface area contributed by atoms with E-state index >= 15 is 0 Å². The first-order chi connectivity index (χ1) is 13.1. The molecule has 1 aliphatic heterocycles. The Morgan fingerprint density at radius 1 is 1.07 bits per heavy atom. The standard InChI is InChI=1S/C23H31NO3/c1-3-23(2,25)18-27-21-12-14-24(15-13-21)20-10-7-11-22(16-20)26-17-19-8-5-4-6-9-19/h4-11,16,21,25H,3,12-15,17-18H2,1-2H3. The van der Waals surface area contributed by atoms with Crippen molar-refractivity contribution in [3.05, 3.63) is 60.2 Å². The average Bonchev–Trinajstić information content (AvgIpc) is 2.72. The highest BCUT2D eigenvalue weighted by Gasteiger charge is 2.24. The van der Waals surface area contributed by atoms with Crippen molar-refractivity contribution >= 4 is 5.69 Å². The number of nitrogens with zero attached hydrogens (tertiary/aromatic N) is 1. The van der Waals surface area contributed by atoms with Crippen LogP contribution in [0.4, 0.5) is 5.69 Å². The molecule has 0 bridgehead atoms. The monoisotopic (exact) mass is 369 g/mol. The third kappa shape index (κ3) is 5.98. The fourth-order valence-corrected chi connectivity index (χ4v) is 3.19. The van der Waals surface area contributed by atoms with Crippen molar-refractivity contribution in [3.8, 4) is 5.75 Å². The summed E-state index contributed by atoms with van der Waals surface area (Å²) >= 11 is 0. The van der Waals surface area contributed by atoms with E-state index in [0.717, 1.165) is 31.7 Å². The molecule has 1 saturated heterocycles. The van der Waals surface area contributed by atoms with Crippen LogP contribution in [0.5, 0.6) is 5.75 Å². The summed E-state index contributed by atoms with van der Waals surface area (Å²) < 4.78 is 11.9. The van der Waals surface area contributed by atoms with E-state index in [1.807, 2.05) is 38.1 Å². The van der Waals surface area contributed by atoms with E-state index in [0.29, 0.717) is 19.6 Å². The van der Waals surface area contributed by atoms with Crippen molar-refractivity contribution in [2.75, 3.05) is 24.6 Å². The summed E-state index contributed by atoms with van der Waals surface area (Å²) in [5.41, 5.74) is 1.64. The summed E-state index contributed by atoms with van der Waals surface area (Å²) in [6.07, 6.45) is 2.91. The van der Waals surface area contributed by atoms with Crippen molar-refractivity contribution in [1.82, 2.24) is 0 Å². The molecule has 0 aliphatic carbocycles. The highest BCUT2D eigenvalue weighted by molar-refractivity contribution is 5.51. The molecule has 0 aromatic heterocycles. The van der Waals surface area contributed by atoms with Crippen LogP contribution in [0.2, 0.25) is 0 Å². The van der Waals surface area contributed by atoms with Gasteiger partial charge in [-0.05, 0) is 43.9 Å². The van der Waals surface area contributed by atoms with Crippen molar-refractivity contribution in [1.29, 1.82) is 0 Å². The zero-order chi connectivity index (χ0) is 19.1. The van der Waals surface area contributed by atoms with Crippen molar-refractivity contribution in [2.45, 2.75) is 51.4 Å². The first-order valence-electron chi connectivity index (χ1n) is 9.91. The lowest BCUT2D eigenvalue weighted by molar-refractivity contribution is -0.0698. The molecule has 0 saturated carbocycles. The third-order valence-electron chi connectivity index (χ3n) is 5.26. The predicted molar refractivity (Wildman–Crippen MR) is 109 cm³/mol. The molecule has 1 aliphatic rings. The Morgan fingerprint density at radius 2 is 1.81 bits per heavy atom. The minimum absolute atomic E-state index is 0.233. The summed E-state index contributed by atoms with van der Waals surface area (Å²) in [5.74, 6) is 0.897. The molecule has 0 amide bonds. The average molecular weight is 370 g/mol. The fourth-order valence-electron chi connectivity index (χ4n) is 3.19. The van der Waals surface area contributed by atoms with E-state index in [2.05, 4.69) is 35.2 Å². The molecule has 3 rings (SSSR count). The van der Waals surface area contributed by atoms with Crippen LogP contribution in [0.3, 0.4) is 0 Å². The molecule has 0 spiro atoms. The number of hydrogen-bond donors (Lipinski definition) is 1. The lowest BCUT2D eigenvalue weighted by Gasteiger charge is -2.35. The number of ether oxygens (including phenoxy) is 2. The van der Waals surface area contributed by atoms with Crippen LogP contribution in [0.25, 0.3) is 0 Å². The van der Waals surface area contributed by atoms with E-state index in [1.54, 1.807) is 0 Å². The van der Waals surface area contributed by atoms with Gasteiger partial charge in [-0.25, -0.2) is 0 Å². The highest BCUT2D eigenvalue weighted by Crippen LogP contribution is 2.26. The Morgan fingerprint density at radius 3 is 2.52 bits per heavy atom. The van der Waals surface area contributed by atoms with Crippen LogP contribution >= 0.6 is 0 Å². The Labute approximate surface area is 162 Å². The predicted octanol–water partition coefficient (Wildman–Crippen LogP) is 4.41. The number of hydrogen-bond acceptors (Lipinski definition) is 4. The molecule has 2 aromatic rings. The van der Waals surface area contributed by atoms with Gasteiger partial charge >= 0.3 is 0 Å². The minimum Gasteiger partial charge on any atom is -0.489 e. The van der Waals surface area contributed by atoms with Crippen LogP contribution in [0.1, 0.15) is 38.7 Å². The zero-order valence-corrected chi connectivity index (χ0v) is 16.4. The molecule has 2 aromatic carbocycles. The Hall–Kier alpha value is -2.04. The molecule has 0 radical (unpaired) electrons. The molecule has 1 N–H and O–H groups in total. The van der Waals surface area contributed by atoms with E-state index in [4.69, 9.17) is 9.47 Å². The maximum absolute atomic E-state index is 10.1. The third-order valence-corrected chi connectivity index (χ3v) is 5.26. The van der Waals surface area contributed by atoms with Gasteiger partial charge in [-0.3, -0.25) is 0 Å². The van der Waals surface area contributed by atoms with Gasteiger partial charge in [0.2, 0.25) is 0 Å². The Balaban J connectivity index is 1.49. The molecule has 1 atom stereocenters. The topological polar surface area (TPSA) is 41.9 Å². The van der Waals surface area contributed by atoms with Gasteiger partial charge in [0, 0.05) is 24.8 Å². The highest BCUT2D eigenvalue weighted by atomic mass is 16.5. The lowest BCUT2D eigenvalue weighted by Crippen LogP contribution is -2.39. The van der Waals surface area contributed by atoms with Gasteiger partial charge < -0.3 is 19.5 Å². The van der Waals surface area contributed by atoms with Crippen LogP contribution in [-0.2, 0) is 11.3 Å². The summed E-state index contributed by atoms with van der Waals surface area (Å²) in [6.45, 7) is 6.73. The van der Waals surface area contributed by atoms with Crippen molar-refractivity contribution in [2.24, 2.45) is 0 Å². The van der Waals surface area contributed by atoms with Gasteiger partial charge in [0.1, 0.15) is 12.4 Å². The maximum atomic E-state index is 10.1. The van der Waals surface area contributed by atoms with Gasteiger partial charge in [-0.1, -0.05) is 43.3 Å². The number of benzene rings is 2. The number of aliphatic hydroxyl groups is 1. The van der Waals surface area contributed by atoms with Gasteiger partial charge in [-0.15, -0.1) is 0 Å². The number of rotatable bonds is 8. The second-order valence-corrected chi connectivity index (χ2v) is 7.62. The summed E-state index contributed by atoms with van der Waals surface area (Å²) in [4.78, 5) is 2.38. The summed E-state index contributed by atoms with van der Waals surface area (Å²) in [5, 5.41) is 10.1. The first-order valence-corrected chi connectivity index (χ1v) is 9.91. The molecule has 1 heterocycles. The SMILES string of the molecule is CCC(C)(O)COC1CCN(c2cccc(OCc3ccccc3)c2)CC1. The molecule has 27 heavy (non-hydrogen) atoms. The van der Waals surface area contributed by atoms with E-state index < -0.39 is 5.60 Å². The normalized spacial score (nSPS) is 17.5. The second-order valence-electron chi connectivity index (χ2n) is 7.62. The van der Waals surface area contributed by atoms with E-state index in [1.165, 1.54) is 11.3 Å². The van der Waals surface area contributed by atoms with Crippen LogP contribution in [0, 0.1) is 0 Å². The van der Waals surface area contributed by atoms with Crippen molar-refractivity contribution < 1.29 is 14.6 Å². The van der Waals surface area contributed by atoms with Crippen molar-refractivity contribution in [3.63, 3.8) is 0 Å². The van der Waals surface area contributed by atoms with Gasteiger partial charge in [-0.2, -0.15) is 0 Å². The summed E-state index contributed by atoms with van der Waals surface area (Å²) in [7, 11) is 0. The Bertz CT molecular complexity index is 694. The van der Waals surface area contributed by atoms with Gasteiger partial charge in [0.25, 0.3) is 0 Å². The molecule has 4 nitrogen and oxygen atoms in total. The van der Waals surface area contributed by atoms with Crippen LogP contribution in [0.15, 0.2) is 54.6 Å². The molecule has 1 fully saturated rings. The lowest BCUT2D eigenvalue weighted by atomic mass is 10.0. The van der Waals surface area contributed by atoms with E-state index in [-0.39, 0.29) is 6.10 Å². The van der Waals surface area contributed by atoms with Gasteiger partial charge in [0.05, 0.1) is 18.3 Å². The summed E-state index contributed by atoms with van der Waals surface area (Å²) in [6, 6.07) is 18.5. The maximum Gasteiger partial charge on any atom is 0.121 e. The molecular weight excluding hydrogens is 338 g/mol. The fraction of sp³-hybridized carbons (Fsp3) is 0.478. The molecule has 4 heteroatoms. The number of piperidine rings is 1. The van der Waals surface area contributed by atoms with E-state index in [9.17, 15) is 5.11 Å². The quantitative estimate of drug-likeness (QED) is 0.748. The largest absolute Gasteiger partial charge is 0.489 e. The molecular formula is C23H31NO3. The molecule has 146 valence electrons. The van der Waals surface area contributed by atoms with Crippen LogP contribution < -0.4 is 9.64 Å². The first kappa shape index (κ1) is 19.7. The zero-order valence-electron chi connectivity index (χ0n) is 16.4. The number of anilines is 1. The smallest absolute Gasteiger partial charge is 0.121 e.